The zero-order valence-corrected chi connectivity index (χ0v) is 15.5. The van der Waals surface area contributed by atoms with E-state index in [-0.39, 0.29) is 24.2 Å². The summed E-state index contributed by atoms with van der Waals surface area (Å²) in [5, 5.41) is 2.99. The first kappa shape index (κ1) is 20.0. The van der Waals surface area contributed by atoms with Gasteiger partial charge < -0.3 is 19.7 Å². The lowest BCUT2D eigenvalue weighted by atomic mass is 9.95. The molecule has 0 saturated heterocycles. The van der Waals surface area contributed by atoms with Crippen molar-refractivity contribution in [2.24, 2.45) is 0 Å². The molecule has 2 aromatic carbocycles. The van der Waals surface area contributed by atoms with Crippen LogP contribution in [-0.4, -0.2) is 44.4 Å². The van der Waals surface area contributed by atoms with Gasteiger partial charge in [-0.15, -0.1) is 13.2 Å². The minimum absolute atomic E-state index is 0.103. The molecule has 0 bridgehead atoms. The number of nitrogens with zero attached hydrogens (tertiary/aromatic N) is 1. The van der Waals surface area contributed by atoms with Gasteiger partial charge in [-0.1, -0.05) is 18.2 Å². The molecular formula is C20H21F3N2O3. The molecule has 0 aliphatic carbocycles. The lowest BCUT2D eigenvalue weighted by Gasteiger charge is -2.28. The van der Waals surface area contributed by atoms with Gasteiger partial charge in [-0.25, -0.2) is 0 Å². The number of amides is 1. The van der Waals surface area contributed by atoms with Crippen molar-refractivity contribution in [2.45, 2.75) is 18.8 Å². The summed E-state index contributed by atoms with van der Waals surface area (Å²) in [5.41, 5.74) is 2.09. The number of rotatable bonds is 5. The van der Waals surface area contributed by atoms with Crippen molar-refractivity contribution in [2.75, 3.05) is 27.2 Å². The molecule has 0 saturated carbocycles. The third kappa shape index (κ3) is 5.16. The summed E-state index contributed by atoms with van der Waals surface area (Å²) in [5.74, 6) is 0.275. The SMILES string of the molecule is CN(C)CC(=O)NC1CCOc2ccc(-c3cccc(OC(F)(F)F)c3)cc21. The van der Waals surface area contributed by atoms with Gasteiger partial charge in [-0.05, 0) is 49.5 Å². The minimum Gasteiger partial charge on any atom is -0.493 e. The predicted octanol–water partition coefficient (Wildman–Crippen LogP) is 3.75. The van der Waals surface area contributed by atoms with E-state index in [4.69, 9.17) is 4.74 Å². The molecule has 0 radical (unpaired) electrons. The van der Waals surface area contributed by atoms with Crippen molar-refractivity contribution in [1.29, 1.82) is 0 Å². The van der Waals surface area contributed by atoms with Gasteiger partial charge in [0.05, 0.1) is 19.2 Å². The van der Waals surface area contributed by atoms with Gasteiger partial charge in [0.15, 0.2) is 0 Å². The molecule has 150 valence electrons. The third-order valence-electron chi connectivity index (χ3n) is 4.25. The van der Waals surface area contributed by atoms with Gasteiger partial charge in [-0.3, -0.25) is 4.79 Å². The van der Waals surface area contributed by atoms with Crippen molar-refractivity contribution < 1.29 is 27.4 Å². The molecule has 28 heavy (non-hydrogen) atoms. The largest absolute Gasteiger partial charge is 0.573 e. The number of benzene rings is 2. The van der Waals surface area contributed by atoms with E-state index >= 15 is 0 Å². The molecule has 1 N–H and O–H groups in total. The fourth-order valence-electron chi connectivity index (χ4n) is 3.12. The van der Waals surface area contributed by atoms with Crippen LogP contribution in [0.15, 0.2) is 42.5 Å². The van der Waals surface area contributed by atoms with Crippen LogP contribution in [0.25, 0.3) is 11.1 Å². The van der Waals surface area contributed by atoms with Crippen LogP contribution in [0.1, 0.15) is 18.0 Å². The molecule has 1 aliphatic heterocycles. The molecule has 0 fully saturated rings. The van der Waals surface area contributed by atoms with Crippen molar-refractivity contribution in [3.63, 3.8) is 0 Å². The number of hydrogen-bond acceptors (Lipinski definition) is 4. The second-order valence-corrected chi connectivity index (χ2v) is 6.82. The van der Waals surface area contributed by atoms with Crippen molar-refractivity contribution in [3.05, 3.63) is 48.0 Å². The number of halogens is 3. The second kappa shape index (κ2) is 8.10. The summed E-state index contributed by atoms with van der Waals surface area (Å²) >= 11 is 0. The van der Waals surface area contributed by atoms with Gasteiger partial charge in [0.2, 0.25) is 5.91 Å². The molecule has 2 aromatic rings. The fourth-order valence-corrected chi connectivity index (χ4v) is 3.12. The first-order chi connectivity index (χ1) is 13.2. The summed E-state index contributed by atoms with van der Waals surface area (Å²) in [4.78, 5) is 13.9. The molecule has 5 nitrogen and oxygen atoms in total. The normalized spacial score (nSPS) is 16.3. The number of carbonyl (C=O) groups excluding carboxylic acids is 1. The first-order valence-corrected chi connectivity index (χ1v) is 8.78. The quantitative estimate of drug-likeness (QED) is 0.839. The van der Waals surface area contributed by atoms with Gasteiger partial charge in [0.1, 0.15) is 11.5 Å². The molecular weight excluding hydrogens is 373 g/mol. The summed E-state index contributed by atoms with van der Waals surface area (Å²) in [6, 6.07) is 11.0. The number of alkyl halides is 3. The zero-order chi connectivity index (χ0) is 20.3. The topological polar surface area (TPSA) is 50.8 Å². The van der Waals surface area contributed by atoms with Crippen LogP contribution in [0.5, 0.6) is 11.5 Å². The smallest absolute Gasteiger partial charge is 0.493 e. The van der Waals surface area contributed by atoms with E-state index in [0.29, 0.717) is 29.9 Å². The molecule has 1 unspecified atom stereocenters. The van der Waals surface area contributed by atoms with Crippen LogP contribution in [0.2, 0.25) is 0 Å². The number of nitrogens with one attached hydrogen (secondary N) is 1. The molecule has 0 spiro atoms. The highest BCUT2D eigenvalue weighted by molar-refractivity contribution is 5.79. The third-order valence-corrected chi connectivity index (χ3v) is 4.25. The Kier molecular flexibility index (Phi) is 5.79. The standard InChI is InChI=1S/C20H21F3N2O3/c1-25(2)12-19(26)24-17-8-9-27-18-7-6-14(11-16(17)18)13-4-3-5-15(10-13)28-20(21,22)23/h3-7,10-11,17H,8-9,12H2,1-2H3,(H,24,26). The number of fused-ring (bicyclic) bond motifs is 1. The van der Waals surface area contributed by atoms with E-state index < -0.39 is 6.36 Å². The average molecular weight is 394 g/mol. The Morgan fingerprint density at radius 3 is 2.68 bits per heavy atom. The lowest BCUT2D eigenvalue weighted by molar-refractivity contribution is -0.274. The van der Waals surface area contributed by atoms with Crippen molar-refractivity contribution in [1.82, 2.24) is 10.2 Å². The van der Waals surface area contributed by atoms with Crippen molar-refractivity contribution in [3.8, 4) is 22.6 Å². The Labute approximate surface area is 161 Å². The molecule has 1 amide bonds. The molecule has 1 aliphatic rings. The Hall–Kier alpha value is -2.74. The van der Waals surface area contributed by atoms with Gasteiger partial charge in [0, 0.05) is 12.0 Å². The van der Waals surface area contributed by atoms with Crippen LogP contribution < -0.4 is 14.8 Å². The fraction of sp³-hybridized carbons (Fsp3) is 0.350. The van der Waals surface area contributed by atoms with Gasteiger partial charge in [0.25, 0.3) is 0 Å². The summed E-state index contributed by atoms with van der Waals surface area (Å²) in [7, 11) is 3.62. The maximum absolute atomic E-state index is 12.5. The summed E-state index contributed by atoms with van der Waals surface area (Å²) in [6.07, 6.45) is -4.13. The van der Waals surface area contributed by atoms with Gasteiger partial charge >= 0.3 is 6.36 Å². The number of likely N-dealkylation sites (N-methyl/N-ethyl adjacent to an activating group) is 1. The number of carbonyl (C=O) groups is 1. The van der Waals surface area contributed by atoms with Crippen LogP contribution in [0.3, 0.4) is 0 Å². The van der Waals surface area contributed by atoms with E-state index in [1.54, 1.807) is 23.1 Å². The van der Waals surface area contributed by atoms with Crippen LogP contribution >= 0.6 is 0 Å². The Morgan fingerprint density at radius 2 is 1.96 bits per heavy atom. The van der Waals surface area contributed by atoms with E-state index in [9.17, 15) is 18.0 Å². The summed E-state index contributed by atoms with van der Waals surface area (Å²) < 4.78 is 47.1. The number of ether oxygens (including phenoxy) is 2. The van der Waals surface area contributed by atoms with E-state index in [1.807, 2.05) is 20.2 Å². The second-order valence-electron chi connectivity index (χ2n) is 6.82. The highest BCUT2D eigenvalue weighted by atomic mass is 19.4. The lowest BCUT2D eigenvalue weighted by Crippen LogP contribution is -2.37. The first-order valence-electron chi connectivity index (χ1n) is 8.78. The predicted molar refractivity (Wildman–Crippen MR) is 98.1 cm³/mol. The van der Waals surface area contributed by atoms with E-state index in [0.717, 1.165) is 5.56 Å². The van der Waals surface area contributed by atoms with Crippen LogP contribution in [0.4, 0.5) is 13.2 Å². The van der Waals surface area contributed by atoms with Crippen LogP contribution in [0, 0.1) is 0 Å². The highest BCUT2D eigenvalue weighted by Crippen LogP contribution is 2.36. The Balaban J connectivity index is 1.86. The Bertz CT molecular complexity index is 853. The average Bonchev–Trinajstić information content (AvgIpc) is 2.60. The minimum atomic E-state index is -4.75. The van der Waals surface area contributed by atoms with Gasteiger partial charge in [-0.2, -0.15) is 0 Å². The van der Waals surface area contributed by atoms with E-state index in [2.05, 4.69) is 10.1 Å². The van der Waals surface area contributed by atoms with E-state index in [1.165, 1.54) is 18.2 Å². The molecule has 1 heterocycles. The number of hydrogen-bond donors (Lipinski definition) is 1. The molecule has 1 atom stereocenters. The molecule has 3 rings (SSSR count). The molecule has 8 heteroatoms. The Morgan fingerprint density at radius 1 is 1.21 bits per heavy atom. The maximum atomic E-state index is 12.5. The zero-order valence-electron chi connectivity index (χ0n) is 15.5. The molecule has 0 aromatic heterocycles. The van der Waals surface area contributed by atoms with Crippen LogP contribution in [-0.2, 0) is 4.79 Å². The highest BCUT2D eigenvalue weighted by Gasteiger charge is 2.31. The van der Waals surface area contributed by atoms with Crippen molar-refractivity contribution >= 4 is 5.91 Å². The summed E-state index contributed by atoms with van der Waals surface area (Å²) in [6.45, 7) is 0.747. The maximum Gasteiger partial charge on any atom is 0.573 e. The monoisotopic (exact) mass is 394 g/mol.